The van der Waals surface area contributed by atoms with E-state index in [4.69, 9.17) is 11.6 Å². The van der Waals surface area contributed by atoms with Gasteiger partial charge in [0.2, 0.25) is 5.28 Å². The van der Waals surface area contributed by atoms with Crippen molar-refractivity contribution in [3.8, 4) is 0 Å². The zero-order chi connectivity index (χ0) is 15.9. The highest BCUT2D eigenvalue weighted by atomic mass is 35.5. The van der Waals surface area contributed by atoms with Gasteiger partial charge in [-0.05, 0) is 17.2 Å². The maximum absolute atomic E-state index is 11.5. The molecule has 0 spiro atoms. The summed E-state index contributed by atoms with van der Waals surface area (Å²) in [5.41, 5.74) is 1.64. The van der Waals surface area contributed by atoms with Crippen LogP contribution < -0.4 is 0 Å². The van der Waals surface area contributed by atoms with Crippen molar-refractivity contribution < 1.29 is 4.79 Å². The molecule has 0 fully saturated rings. The second kappa shape index (κ2) is 7.75. The monoisotopic (exact) mass is 316 g/mol. The summed E-state index contributed by atoms with van der Waals surface area (Å²) < 4.78 is 0. The fraction of sp³-hybridized carbons (Fsp3) is 0.312. The molecule has 0 atom stereocenters. The second-order valence-corrected chi connectivity index (χ2v) is 5.00. The molecule has 0 saturated carbocycles. The van der Waals surface area contributed by atoms with Crippen LogP contribution in [-0.4, -0.2) is 26.9 Å². The van der Waals surface area contributed by atoms with Crippen molar-refractivity contribution in [1.29, 1.82) is 0 Å². The first-order chi connectivity index (χ1) is 10.6. The first kappa shape index (κ1) is 16.2. The molecular weight excluding hydrogens is 300 g/mol. The third-order valence-electron chi connectivity index (χ3n) is 3.04. The molecular formula is C16H17ClN4O. The van der Waals surface area contributed by atoms with E-state index in [0.29, 0.717) is 31.0 Å². The molecule has 5 nitrogen and oxygen atoms in total. The predicted octanol–water partition coefficient (Wildman–Crippen LogP) is 3.30. The van der Waals surface area contributed by atoms with Crippen molar-refractivity contribution in [3.05, 3.63) is 52.3 Å². The summed E-state index contributed by atoms with van der Waals surface area (Å²) in [7, 11) is 0. The molecule has 0 bridgehead atoms. The number of Topliss-reactive ketones (excluding diaryl/α,β-unsaturated/α-hetero) is 1. The van der Waals surface area contributed by atoms with Crippen LogP contribution in [0.25, 0.3) is 0 Å². The number of nitrogens with zero attached hydrogens (tertiary/aromatic N) is 4. The summed E-state index contributed by atoms with van der Waals surface area (Å²) in [6.07, 6.45) is 2.93. The highest BCUT2D eigenvalue weighted by molar-refractivity contribution is 6.28. The molecule has 114 valence electrons. The van der Waals surface area contributed by atoms with E-state index in [2.05, 4.69) is 19.9 Å². The fourth-order valence-corrected chi connectivity index (χ4v) is 2.05. The first-order valence-electron chi connectivity index (χ1n) is 7.14. The number of aryl methyl sites for hydroxylation is 1. The van der Waals surface area contributed by atoms with E-state index in [1.165, 1.54) is 0 Å². The molecule has 1 heterocycles. The highest BCUT2D eigenvalue weighted by Crippen LogP contribution is 2.07. The van der Waals surface area contributed by atoms with Crippen molar-refractivity contribution in [2.45, 2.75) is 33.2 Å². The van der Waals surface area contributed by atoms with E-state index in [9.17, 15) is 4.79 Å². The lowest BCUT2D eigenvalue weighted by Gasteiger charge is -2.00. The molecule has 6 heteroatoms. The zero-order valence-electron chi connectivity index (χ0n) is 12.6. The van der Waals surface area contributed by atoms with E-state index in [1.54, 1.807) is 6.21 Å². The molecule has 0 amide bonds. The molecule has 0 N–H and O–H groups in total. The minimum atomic E-state index is 0.135. The van der Waals surface area contributed by atoms with Gasteiger partial charge in [0.05, 0.1) is 6.54 Å². The number of ketones is 1. The van der Waals surface area contributed by atoms with Gasteiger partial charge in [-0.2, -0.15) is 0 Å². The number of halogens is 1. The van der Waals surface area contributed by atoms with Crippen LogP contribution in [-0.2, 0) is 13.0 Å². The molecule has 0 aliphatic rings. The molecule has 2 aromatic rings. The van der Waals surface area contributed by atoms with Crippen LogP contribution in [0, 0.1) is 0 Å². The number of aliphatic imine (C=N–C) groups is 1. The van der Waals surface area contributed by atoms with Crippen LogP contribution in [0.5, 0.6) is 0 Å². The molecule has 1 aromatic carbocycles. The van der Waals surface area contributed by atoms with Gasteiger partial charge in [0.15, 0.2) is 11.6 Å². The average Bonchev–Trinajstić information content (AvgIpc) is 2.54. The lowest BCUT2D eigenvalue weighted by Crippen LogP contribution is -2.02. The topological polar surface area (TPSA) is 68.1 Å². The summed E-state index contributed by atoms with van der Waals surface area (Å²) in [4.78, 5) is 28.2. The number of carbonyl (C=O) groups excluding carboxylic acids is 1. The molecule has 0 aliphatic heterocycles. The Balaban J connectivity index is 2.03. The summed E-state index contributed by atoms with van der Waals surface area (Å²) in [5.74, 6) is 1.34. The van der Waals surface area contributed by atoms with Crippen LogP contribution in [0.1, 0.15) is 47.8 Å². The Morgan fingerprint density at radius 2 is 1.82 bits per heavy atom. The third-order valence-corrected chi connectivity index (χ3v) is 3.21. The molecule has 0 aliphatic carbocycles. The predicted molar refractivity (Wildman–Crippen MR) is 86.6 cm³/mol. The number of rotatable bonds is 6. The van der Waals surface area contributed by atoms with Crippen molar-refractivity contribution >= 4 is 23.6 Å². The third kappa shape index (κ3) is 4.43. The normalized spacial score (nSPS) is 11.0. The first-order valence-corrected chi connectivity index (χ1v) is 7.52. The molecule has 22 heavy (non-hydrogen) atoms. The Morgan fingerprint density at radius 1 is 1.14 bits per heavy atom. The number of carbonyl (C=O) groups is 1. The van der Waals surface area contributed by atoms with E-state index in [0.717, 1.165) is 11.1 Å². The van der Waals surface area contributed by atoms with Gasteiger partial charge >= 0.3 is 0 Å². The maximum Gasteiger partial charge on any atom is 0.225 e. The van der Waals surface area contributed by atoms with Crippen LogP contribution in [0.4, 0.5) is 0 Å². The average molecular weight is 317 g/mol. The van der Waals surface area contributed by atoms with E-state index < -0.39 is 0 Å². The van der Waals surface area contributed by atoms with Gasteiger partial charge in [-0.15, -0.1) is 0 Å². The Kier molecular flexibility index (Phi) is 5.72. The maximum atomic E-state index is 11.5. The van der Waals surface area contributed by atoms with Crippen LogP contribution >= 0.6 is 11.6 Å². The fourth-order valence-electron chi connectivity index (χ4n) is 1.86. The van der Waals surface area contributed by atoms with Crippen molar-refractivity contribution in [2.24, 2.45) is 4.99 Å². The lowest BCUT2D eigenvalue weighted by atomic mass is 10.1. The van der Waals surface area contributed by atoms with Gasteiger partial charge in [-0.3, -0.25) is 9.79 Å². The second-order valence-electron chi connectivity index (χ2n) is 4.66. The van der Waals surface area contributed by atoms with Gasteiger partial charge in [0.25, 0.3) is 0 Å². The van der Waals surface area contributed by atoms with Crippen LogP contribution in [0.15, 0.2) is 29.3 Å². The molecule has 0 saturated heterocycles. The largest absolute Gasteiger partial charge is 0.294 e. The Hall–Kier alpha value is -2.14. The minimum absolute atomic E-state index is 0.135. The summed E-state index contributed by atoms with van der Waals surface area (Å²) in [5, 5.41) is 0.194. The van der Waals surface area contributed by atoms with Crippen molar-refractivity contribution in [1.82, 2.24) is 15.0 Å². The Bertz CT molecular complexity index is 683. The van der Waals surface area contributed by atoms with Gasteiger partial charge in [0.1, 0.15) is 5.82 Å². The Morgan fingerprint density at radius 3 is 2.45 bits per heavy atom. The van der Waals surface area contributed by atoms with Gasteiger partial charge in [-0.1, -0.05) is 38.1 Å². The summed E-state index contributed by atoms with van der Waals surface area (Å²) >= 11 is 5.84. The van der Waals surface area contributed by atoms with Gasteiger partial charge in [-0.25, -0.2) is 15.0 Å². The van der Waals surface area contributed by atoms with Gasteiger partial charge in [0, 0.05) is 24.6 Å². The summed E-state index contributed by atoms with van der Waals surface area (Å²) in [6, 6.07) is 7.35. The SMILES string of the molecule is CCC(=O)c1ccc(C=NCc2nc(Cl)nc(CC)n2)cc1. The smallest absolute Gasteiger partial charge is 0.225 e. The molecule has 0 unspecified atom stereocenters. The standard InChI is InChI=1S/C16H17ClN4O/c1-3-13(22)12-7-5-11(6-8-12)9-18-10-15-19-14(4-2)20-16(17)21-15/h5-9H,3-4,10H2,1-2H3. The zero-order valence-corrected chi connectivity index (χ0v) is 13.3. The van der Waals surface area contributed by atoms with E-state index in [-0.39, 0.29) is 11.1 Å². The molecule has 2 rings (SSSR count). The highest BCUT2D eigenvalue weighted by Gasteiger charge is 2.03. The van der Waals surface area contributed by atoms with Gasteiger partial charge < -0.3 is 0 Å². The quantitative estimate of drug-likeness (QED) is 0.605. The Labute approximate surface area is 134 Å². The molecule has 0 radical (unpaired) electrons. The van der Waals surface area contributed by atoms with Crippen molar-refractivity contribution in [3.63, 3.8) is 0 Å². The number of aromatic nitrogens is 3. The van der Waals surface area contributed by atoms with E-state index in [1.807, 2.05) is 38.1 Å². The molecule has 1 aromatic heterocycles. The number of benzene rings is 1. The lowest BCUT2D eigenvalue weighted by molar-refractivity contribution is 0.0988. The minimum Gasteiger partial charge on any atom is -0.294 e. The van der Waals surface area contributed by atoms with Crippen LogP contribution in [0.2, 0.25) is 5.28 Å². The van der Waals surface area contributed by atoms with E-state index >= 15 is 0 Å². The number of hydrogen-bond acceptors (Lipinski definition) is 5. The summed E-state index contributed by atoms with van der Waals surface area (Å²) in [6.45, 7) is 4.14. The van der Waals surface area contributed by atoms with Crippen LogP contribution in [0.3, 0.4) is 0 Å². The van der Waals surface area contributed by atoms with Crippen molar-refractivity contribution in [2.75, 3.05) is 0 Å². The number of hydrogen-bond donors (Lipinski definition) is 0.